The van der Waals surface area contributed by atoms with Crippen LogP contribution in [0.5, 0.6) is 0 Å². The molecule has 0 N–H and O–H groups in total. The third-order valence-electron chi connectivity index (χ3n) is 4.64. The Hall–Kier alpha value is 1.09. The standard InChI is InChI=1S/C13H30OS2Si2/c1-13(2)7-12-18(10-5-8-15,11-6-9-16)17(3,4)14-13/h15-16H,5-12H2,1-4H3. The van der Waals surface area contributed by atoms with E-state index in [1.807, 2.05) is 0 Å². The summed E-state index contributed by atoms with van der Waals surface area (Å²) in [6.07, 6.45) is 3.82. The monoisotopic (exact) mass is 322 g/mol. The average molecular weight is 323 g/mol. The van der Waals surface area contributed by atoms with Crippen LogP contribution in [0.2, 0.25) is 31.2 Å². The lowest BCUT2D eigenvalue weighted by atomic mass is 10.1. The van der Waals surface area contributed by atoms with Crippen LogP contribution in [0.4, 0.5) is 0 Å². The fourth-order valence-corrected chi connectivity index (χ4v) is 19.8. The van der Waals surface area contributed by atoms with Crippen molar-refractivity contribution in [3.05, 3.63) is 0 Å². The molecule has 108 valence electrons. The molecule has 0 atom stereocenters. The summed E-state index contributed by atoms with van der Waals surface area (Å²) in [5.41, 5.74) is 0.119. The van der Waals surface area contributed by atoms with Crippen molar-refractivity contribution in [2.24, 2.45) is 0 Å². The Morgan fingerprint density at radius 3 is 1.94 bits per heavy atom. The van der Waals surface area contributed by atoms with Gasteiger partial charge in [-0.25, -0.2) is 0 Å². The molecule has 0 aliphatic carbocycles. The highest BCUT2D eigenvalue weighted by atomic mass is 32.1. The molecular weight excluding hydrogens is 292 g/mol. The summed E-state index contributed by atoms with van der Waals surface area (Å²) in [5.74, 6) is 2.06. The van der Waals surface area contributed by atoms with Crippen LogP contribution in [-0.2, 0) is 4.43 Å². The topological polar surface area (TPSA) is 9.23 Å². The zero-order valence-electron chi connectivity index (χ0n) is 12.5. The first kappa shape index (κ1) is 17.1. The molecule has 1 fully saturated rings. The van der Waals surface area contributed by atoms with E-state index in [0.29, 0.717) is 0 Å². The van der Waals surface area contributed by atoms with Gasteiger partial charge < -0.3 is 4.43 Å². The fraction of sp³-hybridized carbons (Fsp3) is 1.00. The van der Waals surface area contributed by atoms with Crippen LogP contribution in [0.25, 0.3) is 0 Å². The van der Waals surface area contributed by atoms with E-state index in [9.17, 15) is 0 Å². The minimum atomic E-state index is -1.51. The Bertz CT molecular complexity index is 262. The molecule has 18 heavy (non-hydrogen) atoms. The Morgan fingerprint density at radius 1 is 1.06 bits per heavy atom. The SMILES string of the molecule is CC1(C)CC[Si](CCCS)(CCCS)[Si](C)(C)O1. The van der Waals surface area contributed by atoms with Crippen LogP contribution in [-0.4, -0.2) is 32.5 Å². The van der Waals surface area contributed by atoms with Gasteiger partial charge in [-0.3, -0.25) is 0 Å². The minimum Gasteiger partial charge on any atom is -0.415 e. The third kappa shape index (κ3) is 4.04. The average Bonchev–Trinajstić information content (AvgIpc) is 2.25. The van der Waals surface area contributed by atoms with Crippen molar-refractivity contribution in [2.75, 3.05) is 11.5 Å². The summed E-state index contributed by atoms with van der Waals surface area (Å²) in [6.45, 7) is 9.52. The van der Waals surface area contributed by atoms with Gasteiger partial charge in [0.15, 0.2) is 7.83 Å². The van der Waals surface area contributed by atoms with Crippen LogP contribution in [0.1, 0.15) is 33.1 Å². The van der Waals surface area contributed by atoms with Crippen molar-refractivity contribution >= 4 is 40.7 Å². The van der Waals surface area contributed by atoms with E-state index < -0.39 is 15.4 Å². The molecule has 1 nitrogen and oxygen atoms in total. The molecule has 1 saturated heterocycles. The predicted molar refractivity (Wildman–Crippen MR) is 94.4 cm³/mol. The van der Waals surface area contributed by atoms with Crippen LogP contribution >= 0.6 is 25.3 Å². The van der Waals surface area contributed by atoms with Crippen molar-refractivity contribution in [3.8, 4) is 0 Å². The van der Waals surface area contributed by atoms with E-state index in [4.69, 9.17) is 4.43 Å². The summed E-state index contributed by atoms with van der Waals surface area (Å²) < 4.78 is 6.62. The number of thiol groups is 2. The van der Waals surface area contributed by atoms with Gasteiger partial charge in [-0.05, 0) is 57.7 Å². The third-order valence-corrected chi connectivity index (χ3v) is 22.9. The lowest BCUT2D eigenvalue weighted by Gasteiger charge is -2.53. The Kier molecular flexibility index (Phi) is 6.38. The molecule has 5 heteroatoms. The molecule has 0 bridgehead atoms. The van der Waals surface area contributed by atoms with Gasteiger partial charge >= 0.3 is 0 Å². The Labute approximate surface area is 126 Å². The van der Waals surface area contributed by atoms with Gasteiger partial charge in [0.25, 0.3) is 0 Å². The van der Waals surface area contributed by atoms with Crippen LogP contribution in [0.15, 0.2) is 0 Å². The normalized spacial score (nSPS) is 25.0. The second kappa shape index (κ2) is 6.70. The molecule has 1 heterocycles. The maximum absolute atomic E-state index is 6.62. The quantitative estimate of drug-likeness (QED) is 0.538. The van der Waals surface area contributed by atoms with Crippen LogP contribution in [0, 0.1) is 0 Å². The van der Waals surface area contributed by atoms with Crippen molar-refractivity contribution in [1.82, 2.24) is 0 Å². The zero-order chi connectivity index (χ0) is 13.9. The van der Waals surface area contributed by atoms with Crippen molar-refractivity contribution in [1.29, 1.82) is 0 Å². The van der Waals surface area contributed by atoms with Gasteiger partial charge in [-0.1, -0.05) is 18.1 Å². The van der Waals surface area contributed by atoms with Gasteiger partial charge in [0, 0.05) is 0 Å². The summed E-state index contributed by atoms with van der Waals surface area (Å²) in [6, 6.07) is 4.33. The molecule has 1 aliphatic rings. The minimum absolute atomic E-state index is 0.119. The molecule has 0 aromatic carbocycles. The first-order valence-electron chi connectivity index (χ1n) is 7.20. The lowest BCUT2D eigenvalue weighted by Crippen LogP contribution is -2.67. The highest BCUT2D eigenvalue weighted by Crippen LogP contribution is 2.44. The molecule has 0 aromatic rings. The van der Waals surface area contributed by atoms with E-state index in [1.54, 1.807) is 0 Å². The van der Waals surface area contributed by atoms with Gasteiger partial charge in [-0.15, -0.1) is 0 Å². The summed E-state index contributed by atoms with van der Waals surface area (Å²) >= 11 is 8.84. The predicted octanol–water partition coefficient (Wildman–Crippen LogP) is 4.56. The van der Waals surface area contributed by atoms with E-state index in [1.165, 1.54) is 37.4 Å². The van der Waals surface area contributed by atoms with Crippen LogP contribution < -0.4 is 0 Å². The smallest absolute Gasteiger partial charge is 0.175 e. The van der Waals surface area contributed by atoms with Crippen LogP contribution in [0.3, 0.4) is 0 Å². The molecule has 0 unspecified atom stereocenters. The van der Waals surface area contributed by atoms with Gasteiger partial charge in [-0.2, -0.15) is 25.3 Å². The summed E-state index contributed by atoms with van der Waals surface area (Å²) in [7, 11) is -2.73. The van der Waals surface area contributed by atoms with Crippen molar-refractivity contribution < 1.29 is 4.43 Å². The van der Waals surface area contributed by atoms with E-state index in [0.717, 1.165) is 11.5 Å². The Balaban J connectivity index is 2.86. The van der Waals surface area contributed by atoms with Crippen molar-refractivity contribution in [3.63, 3.8) is 0 Å². The van der Waals surface area contributed by atoms with E-state index in [-0.39, 0.29) is 5.60 Å². The maximum atomic E-state index is 6.62. The second-order valence-electron chi connectivity index (χ2n) is 6.81. The second-order valence-corrected chi connectivity index (χ2v) is 21.8. The first-order chi connectivity index (χ1) is 8.29. The summed E-state index contributed by atoms with van der Waals surface area (Å²) in [5, 5.41) is 0. The largest absolute Gasteiger partial charge is 0.415 e. The molecule has 0 spiro atoms. The first-order valence-corrected chi connectivity index (χ1v) is 15.0. The van der Waals surface area contributed by atoms with Gasteiger partial charge in [0.2, 0.25) is 0 Å². The summed E-state index contributed by atoms with van der Waals surface area (Å²) in [4.78, 5) is 0. The van der Waals surface area contributed by atoms with Crippen molar-refractivity contribution in [2.45, 2.75) is 69.9 Å². The number of rotatable bonds is 6. The molecule has 0 amide bonds. The maximum Gasteiger partial charge on any atom is 0.175 e. The van der Waals surface area contributed by atoms with Gasteiger partial charge in [0.05, 0.1) is 13.2 Å². The molecular formula is C13H30OS2Si2. The van der Waals surface area contributed by atoms with E-state index in [2.05, 4.69) is 52.2 Å². The number of hydrogen-bond acceptors (Lipinski definition) is 3. The van der Waals surface area contributed by atoms with Gasteiger partial charge in [0.1, 0.15) is 0 Å². The number of hydrogen-bond donors (Lipinski definition) is 2. The Morgan fingerprint density at radius 2 is 1.56 bits per heavy atom. The lowest BCUT2D eigenvalue weighted by molar-refractivity contribution is 0.0927. The molecule has 0 aromatic heterocycles. The molecule has 0 saturated carbocycles. The molecule has 1 rings (SSSR count). The fourth-order valence-electron chi connectivity index (χ4n) is 3.50. The van der Waals surface area contributed by atoms with E-state index >= 15 is 0 Å². The molecule has 0 radical (unpaired) electrons. The highest BCUT2D eigenvalue weighted by molar-refractivity contribution is 7.80. The zero-order valence-corrected chi connectivity index (χ0v) is 16.2. The molecule has 1 aliphatic heterocycles. The highest BCUT2D eigenvalue weighted by Gasteiger charge is 2.54.